The van der Waals surface area contributed by atoms with Gasteiger partial charge >= 0.3 is 0 Å². The van der Waals surface area contributed by atoms with E-state index in [-0.39, 0.29) is 11.8 Å². The molecule has 40 heavy (non-hydrogen) atoms. The predicted octanol–water partition coefficient (Wildman–Crippen LogP) is 4.92. The summed E-state index contributed by atoms with van der Waals surface area (Å²) in [7, 11) is 0. The number of aromatic amines is 2. The zero-order chi connectivity index (χ0) is 27.1. The zero-order valence-corrected chi connectivity index (χ0v) is 22.9. The first-order chi connectivity index (χ1) is 19.6. The van der Waals surface area contributed by atoms with E-state index in [0.29, 0.717) is 18.0 Å². The van der Waals surface area contributed by atoms with Crippen molar-refractivity contribution in [3.05, 3.63) is 87.8 Å². The molecular formula is C32H30N6OS. The molecule has 1 unspecified atom stereocenters. The lowest BCUT2D eigenvalue weighted by Gasteiger charge is -2.22. The van der Waals surface area contributed by atoms with Gasteiger partial charge in [-0.15, -0.1) is 0 Å². The van der Waals surface area contributed by atoms with Crippen molar-refractivity contribution in [2.75, 3.05) is 18.4 Å². The van der Waals surface area contributed by atoms with E-state index in [9.17, 15) is 4.79 Å². The topological polar surface area (TPSA) is 98.5 Å². The molecule has 1 fully saturated rings. The average molecular weight is 547 g/mol. The van der Waals surface area contributed by atoms with Crippen LogP contribution >= 0.6 is 11.3 Å². The van der Waals surface area contributed by atoms with Crippen LogP contribution in [-0.4, -0.2) is 39.2 Å². The van der Waals surface area contributed by atoms with Crippen molar-refractivity contribution in [2.24, 2.45) is 5.92 Å². The molecule has 1 saturated heterocycles. The van der Waals surface area contributed by atoms with E-state index >= 15 is 0 Å². The summed E-state index contributed by atoms with van der Waals surface area (Å²) >= 11 is 1.70. The molecule has 1 atom stereocenters. The van der Waals surface area contributed by atoms with Gasteiger partial charge in [-0.05, 0) is 95.2 Å². The predicted molar refractivity (Wildman–Crippen MR) is 162 cm³/mol. The Morgan fingerprint density at radius 2 is 2.05 bits per heavy atom. The fourth-order valence-corrected chi connectivity index (χ4v) is 6.57. The van der Waals surface area contributed by atoms with Crippen LogP contribution in [0.5, 0.6) is 0 Å². The van der Waals surface area contributed by atoms with Gasteiger partial charge in [-0.3, -0.25) is 14.9 Å². The molecular weight excluding hydrogens is 516 g/mol. The number of pyridine rings is 1. The molecule has 7 rings (SSSR count). The van der Waals surface area contributed by atoms with Gasteiger partial charge in [0.1, 0.15) is 5.69 Å². The number of hydrogen-bond donors (Lipinski definition) is 4. The normalized spacial score (nSPS) is 17.3. The highest BCUT2D eigenvalue weighted by molar-refractivity contribution is 7.08. The van der Waals surface area contributed by atoms with Crippen molar-refractivity contribution < 1.29 is 4.79 Å². The van der Waals surface area contributed by atoms with Crippen LogP contribution in [0.1, 0.15) is 30.7 Å². The lowest BCUT2D eigenvalue weighted by molar-refractivity contribution is -0.117. The summed E-state index contributed by atoms with van der Waals surface area (Å²) < 4.78 is 0. The standard InChI is InChI=1S/C32H30N6OS/c1-19-11-29-27(14-25(19)22-13-23(17-34-16-22)35-31(39)12-20-5-8-33-9-6-20)32(38-37-29)30-15-26-24(21-7-10-40-18-21)3-2-4-28(26)36-30/h2-4,7,10-11,13-18,20,25,33,36-37H,1,5-6,8-9,12H2,(H,35,39). The number of allylic oxidation sites excluding steroid dienone is 1. The smallest absolute Gasteiger partial charge is 0.224 e. The second-order valence-corrected chi connectivity index (χ2v) is 11.5. The number of hydrogen-bond acceptors (Lipinski definition) is 5. The minimum atomic E-state index is -0.0802. The first-order valence-corrected chi connectivity index (χ1v) is 14.6. The summed E-state index contributed by atoms with van der Waals surface area (Å²) in [5.41, 5.74) is 7.97. The van der Waals surface area contributed by atoms with Gasteiger partial charge in [0, 0.05) is 34.7 Å². The van der Waals surface area contributed by atoms with Crippen molar-refractivity contribution in [1.82, 2.24) is 25.5 Å². The first kappa shape index (κ1) is 24.7. The number of carbonyl (C=O) groups excluding carboxylic acids is 1. The number of amides is 1. The summed E-state index contributed by atoms with van der Waals surface area (Å²) in [6, 6.07) is 12.7. The summed E-state index contributed by atoms with van der Waals surface area (Å²) in [5, 5.41) is 21.7. The highest BCUT2D eigenvalue weighted by Gasteiger charge is 2.21. The monoisotopic (exact) mass is 546 g/mol. The Hall–Kier alpha value is -4.27. The fraction of sp³-hybridized carbons (Fsp3) is 0.219. The maximum absolute atomic E-state index is 12.7. The second kappa shape index (κ2) is 10.4. The highest BCUT2D eigenvalue weighted by atomic mass is 32.1. The number of benzene rings is 1. The quantitative estimate of drug-likeness (QED) is 0.243. The minimum absolute atomic E-state index is 0.0453. The number of fused-ring (bicyclic) bond motifs is 2. The highest BCUT2D eigenvalue weighted by Crippen LogP contribution is 2.33. The first-order valence-electron chi connectivity index (χ1n) is 13.7. The number of H-pyrrole nitrogens is 2. The molecule has 8 heteroatoms. The molecule has 5 heterocycles. The number of rotatable bonds is 6. The molecule has 200 valence electrons. The van der Waals surface area contributed by atoms with Crippen molar-refractivity contribution in [3.8, 4) is 22.5 Å². The van der Waals surface area contributed by atoms with Gasteiger partial charge < -0.3 is 15.6 Å². The van der Waals surface area contributed by atoms with Crippen LogP contribution < -0.4 is 21.2 Å². The van der Waals surface area contributed by atoms with E-state index in [1.165, 1.54) is 16.5 Å². The molecule has 0 saturated carbocycles. The summed E-state index contributed by atoms with van der Waals surface area (Å²) in [6.45, 7) is 6.30. The molecule has 0 bridgehead atoms. The zero-order valence-electron chi connectivity index (χ0n) is 22.0. The van der Waals surface area contributed by atoms with Crippen LogP contribution in [0, 0.1) is 5.92 Å². The molecule has 1 aromatic carbocycles. The number of carbonyl (C=O) groups is 1. The van der Waals surface area contributed by atoms with Crippen molar-refractivity contribution in [3.63, 3.8) is 0 Å². The van der Waals surface area contributed by atoms with Crippen LogP contribution in [0.3, 0.4) is 0 Å². The van der Waals surface area contributed by atoms with Crippen LogP contribution in [0.2, 0.25) is 0 Å². The summed E-state index contributed by atoms with van der Waals surface area (Å²) in [5.74, 6) is 0.398. The van der Waals surface area contributed by atoms with Gasteiger partial charge in [-0.2, -0.15) is 16.4 Å². The van der Waals surface area contributed by atoms with E-state index in [1.807, 2.05) is 12.3 Å². The van der Waals surface area contributed by atoms with E-state index < -0.39 is 0 Å². The van der Waals surface area contributed by atoms with Crippen LogP contribution in [-0.2, 0) is 4.79 Å². The average Bonchev–Trinajstić information content (AvgIpc) is 3.72. The molecule has 1 amide bonds. The van der Waals surface area contributed by atoms with E-state index in [2.05, 4.69) is 85.5 Å². The molecule has 4 aromatic heterocycles. The van der Waals surface area contributed by atoms with Crippen LogP contribution in [0.25, 0.3) is 45.6 Å². The van der Waals surface area contributed by atoms with Gasteiger partial charge in [-0.25, -0.2) is 0 Å². The van der Waals surface area contributed by atoms with Gasteiger partial charge in [0.25, 0.3) is 0 Å². The maximum atomic E-state index is 12.7. The van der Waals surface area contributed by atoms with Gasteiger partial charge in [-0.1, -0.05) is 24.8 Å². The number of nitrogens with zero attached hydrogens (tertiary/aromatic N) is 2. The van der Waals surface area contributed by atoms with Gasteiger partial charge in [0.2, 0.25) is 5.91 Å². The third kappa shape index (κ3) is 4.69. The van der Waals surface area contributed by atoms with E-state index in [4.69, 9.17) is 5.10 Å². The molecule has 0 spiro atoms. The molecule has 1 aliphatic carbocycles. The van der Waals surface area contributed by atoms with Crippen molar-refractivity contribution in [2.45, 2.75) is 25.2 Å². The van der Waals surface area contributed by atoms with Crippen molar-refractivity contribution >= 4 is 46.0 Å². The fourth-order valence-electron chi connectivity index (χ4n) is 5.92. The SMILES string of the molecule is C=C1C=c2[nH]nc(-c3cc4c(-c5ccsc5)cccc4[nH]3)c2=CC1c1cncc(NC(=O)CC2CCNCC2)c1. The number of thiophene rings is 1. The van der Waals surface area contributed by atoms with E-state index in [0.717, 1.165) is 64.5 Å². The molecule has 4 N–H and O–H groups in total. The molecule has 2 aliphatic rings. The Morgan fingerprint density at radius 3 is 2.90 bits per heavy atom. The van der Waals surface area contributed by atoms with E-state index in [1.54, 1.807) is 17.5 Å². The number of piperidine rings is 1. The lowest BCUT2D eigenvalue weighted by Crippen LogP contribution is -2.30. The molecule has 7 nitrogen and oxygen atoms in total. The molecule has 0 radical (unpaired) electrons. The number of anilines is 1. The third-order valence-corrected chi connectivity index (χ3v) is 8.67. The summed E-state index contributed by atoms with van der Waals surface area (Å²) in [6.07, 6.45) is 10.4. The minimum Gasteiger partial charge on any atom is -0.353 e. The maximum Gasteiger partial charge on any atom is 0.224 e. The Balaban J connectivity index is 1.20. The number of aromatic nitrogens is 4. The van der Waals surface area contributed by atoms with Crippen molar-refractivity contribution in [1.29, 1.82) is 0 Å². The van der Waals surface area contributed by atoms with Crippen LogP contribution in [0.4, 0.5) is 5.69 Å². The Kier molecular flexibility index (Phi) is 6.42. The van der Waals surface area contributed by atoms with Gasteiger partial charge in [0.05, 0.1) is 22.9 Å². The number of nitrogens with one attached hydrogen (secondary N) is 4. The molecule has 1 aliphatic heterocycles. The molecule has 5 aromatic rings. The second-order valence-electron chi connectivity index (χ2n) is 10.7. The Labute approximate surface area is 235 Å². The Bertz CT molecular complexity index is 1840. The lowest BCUT2D eigenvalue weighted by atomic mass is 9.88. The Morgan fingerprint density at radius 1 is 1.15 bits per heavy atom. The summed E-state index contributed by atoms with van der Waals surface area (Å²) in [4.78, 5) is 20.8. The van der Waals surface area contributed by atoms with Gasteiger partial charge in [0.15, 0.2) is 0 Å². The third-order valence-electron chi connectivity index (χ3n) is 7.98. The van der Waals surface area contributed by atoms with Crippen LogP contribution in [0.15, 0.2) is 71.7 Å². The largest absolute Gasteiger partial charge is 0.353 e.